The summed E-state index contributed by atoms with van der Waals surface area (Å²) in [5, 5.41) is 6.13. The zero-order valence-corrected chi connectivity index (χ0v) is 16.7. The van der Waals surface area contributed by atoms with E-state index >= 15 is 0 Å². The van der Waals surface area contributed by atoms with Gasteiger partial charge in [0.15, 0.2) is 0 Å². The molecule has 2 aromatic carbocycles. The number of carbonyl (C=O) groups is 3. The lowest BCUT2D eigenvalue weighted by molar-refractivity contribution is -0.144. The van der Waals surface area contributed by atoms with E-state index in [2.05, 4.69) is 15.6 Å². The van der Waals surface area contributed by atoms with Crippen LogP contribution in [0.15, 0.2) is 54.7 Å². The number of rotatable bonds is 8. The molecule has 3 aromatic rings. The van der Waals surface area contributed by atoms with E-state index in [1.165, 1.54) is 14.2 Å². The first-order valence-corrected chi connectivity index (χ1v) is 9.37. The van der Waals surface area contributed by atoms with Crippen LogP contribution in [0.1, 0.15) is 15.9 Å². The molecule has 3 N–H and O–H groups in total. The highest BCUT2D eigenvalue weighted by Gasteiger charge is 2.23. The number of ether oxygens (including phenoxy) is 2. The maximum Gasteiger partial charge on any atom is 0.328 e. The lowest BCUT2D eigenvalue weighted by Gasteiger charge is -2.17. The zero-order chi connectivity index (χ0) is 21.5. The minimum atomic E-state index is -0.884. The predicted molar refractivity (Wildman–Crippen MR) is 111 cm³/mol. The van der Waals surface area contributed by atoms with Gasteiger partial charge in [0.1, 0.15) is 11.8 Å². The maximum atomic E-state index is 12.4. The number of para-hydroxylation sites is 2. The Kier molecular flexibility index (Phi) is 6.69. The Balaban J connectivity index is 1.64. The summed E-state index contributed by atoms with van der Waals surface area (Å²) in [5.41, 5.74) is 2.13. The highest BCUT2D eigenvalue weighted by atomic mass is 16.5. The van der Waals surface area contributed by atoms with Gasteiger partial charge in [-0.3, -0.25) is 9.59 Å². The Labute approximate surface area is 173 Å². The molecule has 8 heteroatoms. The average Bonchev–Trinajstić information content (AvgIpc) is 3.19. The van der Waals surface area contributed by atoms with Gasteiger partial charge in [0, 0.05) is 23.5 Å². The summed E-state index contributed by atoms with van der Waals surface area (Å²) >= 11 is 0. The van der Waals surface area contributed by atoms with Crippen LogP contribution in [0, 0.1) is 0 Å². The molecule has 0 saturated heterocycles. The molecule has 0 fully saturated rings. The monoisotopic (exact) mass is 409 g/mol. The van der Waals surface area contributed by atoms with Crippen LogP contribution in [0.4, 0.5) is 0 Å². The van der Waals surface area contributed by atoms with Crippen molar-refractivity contribution >= 4 is 28.7 Å². The van der Waals surface area contributed by atoms with Crippen molar-refractivity contribution in [2.75, 3.05) is 20.8 Å². The largest absolute Gasteiger partial charge is 0.496 e. The van der Waals surface area contributed by atoms with Crippen molar-refractivity contribution in [1.82, 2.24) is 15.6 Å². The lowest BCUT2D eigenvalue weighted by Crippen LogP contribution is -2.47. The van der Waals surface area contributed by atoms with E-state index in [1.54, 1.807) is 30.5 Å². The van der Waals surface area contributed by atoms with Crippen LogP contribution in [-0.2, 0) is 20.7 Å². The molecule has 30 heavy (non-hydrogen) atoms. The van der Waals surface area contributed by atoms with E-state index < -0.39 is 23.8 Å². The van der Waals surface area contributed by atoms with Gasteiger partial charge in [-0.1, -0.05) is 30.3 Å². The second kappa shape index (κ2) is 9.60. The number of aromatic amines is 1. The number of benzene rings is 2. The minimum Gasteiger partial charge on any atom is -0.496 e. The van der Waals surface area contributed by atoms with E-state index in [4.69, 9.17) is 9.47 Å². The highest BCUT2D eigenvalue weighted by molar-refractivity contribution is 5.99. The molecule has 0 bridgehead atoms. The fourth-order valence-corrected chi connectivity index (χ4v) is 3.19. The van der Waals surface area contributed by atoms with E-state index in [9.17, 15) is 14.4 Å². The quantitative estimate of drug-likeness (QED) is 0.492. The van der Waals surface area contributed by atoms with Crippen LogP contribution < -0.4 is 15.4 Å². The molecular formula is C22H23N3O5. The summed E-state index contributed by atoms with van der Waals surface area (Å²) < 4.78 is 9.98. The first kappa shape index (κ1) is 20.9. The first-order valence-electron chi connectivity index (χ1n) is 9.37. The number of hydrogen-bond acceptors (Lipinski definition) is 5. The normalized spacial score (nSPS) is 11.5. The molecule has 0 aliphatic heterocycles. The molecule has 2 amide bonds. The van der Waals surface area contributed by atoms with Gasteiger partial charge in [0.25, 0.3) is 5.91 Å². The number of nitrogens with one attached hydrogen (secondary N) is 3. The molecule has 3 rings (SSSR count). The second-order valence-electron chi connectivity index (χ2n) is 6.59. The standard InChI is InChI=1S/C22H23N3O5/c1-29-19-10-6-4-8-16(19)21(27)24-13-20(26)25-18(22(28)30-2)11-14-12-23-17-9-5-3-7-15(14)17/h3-10,12,18,23H,11,13H2,1-2H3,(H,24,27)(H,25,26)/t18-/m1/s1. The number of carbonyl (C=O) groups excluding carboxylic acids is 3. The summed E-state index contributed by atoms with van der Waals surface area (Å²) in [6, 6.07) is 13.5. The van der Waals surface area contributed by atoms with E-state index in [1.807, 2.05) is 24.3 Å². The van der Waals surface area contributed by atoms with Gasteiger partial charge in [-0.05, 0) is 23.8 Å². The predicted octanol–water partition coefficient (Wildman–Crippen LogP) is 1.81. The van der Waals surface area contributed by atoms with Gasteiger partial charge >= 0.3 is 5.97 Å². The second-order valence-corrected chi connectivity index (χ2v) is 6.59. The molecule has 156 valence electrons. The third kappa shape index (κ3) is 4.78. The molecule has 0 aliphatic rings. The van der Waals surface area contributed by atoms with E-state index in [0.29, 0.717) is 11.3 Å². The summed E-state index contributed by atoms with van der Waals surface area (Å²) in [4.78, 5) is 40.1. The molecule has 0 unspecified atom stereocenters. The topological polar surface area (TPSA) is 110 Å². The zero-order valence-electron chi connectivity index (χ0n) is 16.7. The van der Waals surface area contributed by atoms with Crippen molar-refractivity contribution in [3.05, 3.63) is 65.9 Å². The molecule has 0 saturated carbocycles. The van der Waals surface area contributed by atoms with Crippen LogP contribution >= 0.6 is 0 Å². The Morgan fingerprint density at radius 3 is 2.53 bits per heavy atom. The fraction of sp³-hybridized carbons (Fsp3) is 0.227. The van der Waals surface area contributed by atoms with E-state index in [0.717, 1.165) is 16.5 Å². The number of fused-ring (bicyclic) bond motifs is 1. The van der Waals surface area contributed by atoms with Crippen LogP contribution in [0.25, 0.3) is 10.9 Å². The third-order valence-electron chi connectivity index (χ3n) is 4.68. The summed E-state index contributed by atoms with van der Waals surface area (Å²) in [6.45, 7) is -0.293. The summed E-state index contributed by atoms with van der Waals surface area (Å²) in [7, 11) is 2.73. The van der Waals surface area contributed by atoms with Crippen LogP contribution in [-0.4, -0.2) is 49.6 Å². The Hall–Kier alpha value is -3.81. The SMILES string of the molecule is COC(=O)[C@@H](Cc1c[nH]c2ccccc12)NC(=O)CNC(=O)c1ccccc1OC. The minimum absolute atomic E-state index is 0.253. The molecule has 8 nitrogen and oxygen atoms in total. The average molecular weight is 409 g/mol. The third-order valence-corrected chi connectivity index (χ3v) is 4.68. The van der Waals surface area contributed by atoms with Crippen molar-refractivity contribution < 1.29 is 23.9 Å². The number of esters is 1. The lowest BCUT2D eigenvalue weighted by atomic mass is 10.0. The van der Waals surface area contributed by atoms with Gasteiger partial charge < -0.3 is 25.1 Å². The van der Waals surface area contributed by atoms with Crippen LogP contribution in [0.2, 0.25) is 0 Å². The molecule has 0 spiro atoms. The number of aromatic nitrogens is 1. The molecule has 0 aliphatic carbocycles. The van der Waals surface area contributed by atoms with Gasteiger partial charge in [0.05, 0.1) is 26.3 Å². The molecule has 1 aromatic heterocycles. The van der Waals surface area contributed by atoms with Crippen molar-refractivity contribution in [3.63, 3.8) is 0 Å². The van der Waals surface area contributed by atoms with Crippen molar-refractivity contribution in [2.24, 2.45) is 0 Å². The summed E-state index contributed by atoms with van der Waals surface area (Å²) in [5.74, 6) is -1.12. The molecular weight excluding hydrogens is 386 g/mol. The number of hydrogen-bond donors (Lipinski definition) is 3. The fourth-order valence-electron chi connectivity index (χ4n) is 3.19. The number of H-pyrrole nitrogens is 1. The molecule has 0 radical (unpaired) electrons. The number of methoxy groups -OCH3 is 2. The Morgan fingerprint density at radius 1 is 1.03 bits per heavy atom. The van der Waals surface area contributed by atoms with E-state index in [-0.39, 0.29) is 13.0 Å². The summed E-state index contributed by atoms with van der Waals surface area (Å²) in [6.07, 6.45) is 2.05. The molecule has 1 heterocycles. The van der Waals surface area contributed by atoms with Crippen LogP contribution in [0.5, 0.6) is 5.75 Å². The van der Waals surface area contributed by atoms with Gasteiger partial charge in [-0.25, -0.2) is 4.79 Å². The van der Waals surface area contributed by atoms with Crippen molar-refractivity contribution in [1.29, 1.82) is 0 Å². The molecule has 1 atom stereocenters. The van der Waals surface area contributed by atoms with Crippen LogP contribution in [0.3, 0.4) is 0 Å². The van der Waals surface area contributed by atoms with Crippen molar-refractivity contribution in [2.45, 2.75) is 12.5 Å². The smallest absolute Gasteiger partial charge is 0.328 e. The highest BCUT2D eigenvalue weighted by Crippen LogP contribution is 2.19. The maximum absolute atomic E-state index is 12.4. The van der Waals surface area contributed by atoms with Gasteiger partial charge in [-0.2, -0.15) is 0 Å². The number of amides is 2. The van der Waals surface area contributed by atoms with Gasteiger partial charge in [0.2, 0.25) is 5.91 Å². The Morgan fingerprint density at radius 2 is 1.77 bits per heavy atom. The Bertz CT molecular complexity index is 1060. The first-order chi connectivity index (χ1) is 14.5. The van der Waals surface area contributed by atoms with Gasteiger partial charge in [-0.15, -0.1) is 0 Å². The van der Waals surface area contributed by atoms with Crippen molar-refractivity contribution in [3.8, 4) is 5.75 Å².